The van der Waals surface area contributed by atoms with Crippen molar-refractivity contribution in [3.05, 3.63) is 60.0 Å². The van der Waals surface area contributed by atoms with Crippen molar-refractivity contribution in [3.8, 4) is 11.1 Å². The van der Waals surface area contributed by atoms with Crippen molar-refractivity contribution < 1.29 is 0 Å². The first kappa shape index (κ1) is 18.9. The molecule has 0 saturated carbocycles. The molecule has 2 heterocycles. The van der Waals surface area contributed by atoms with E-state index >= 15 is 0 Å². The Labute approximate surface area is 143 Å². The highest BCUT2D eigenvalue weighted by atomic mass is 35.5. The molecule has 0 N–H and O–H groups in total. The minimum Gasteiger partial charge on any atom is -0.236 e. The maximum Gasteiger partial charge on any atom is 0.163 e. The lowest BCUT2D eigenvalue weighted by atomic mass is 10.0. The Balaban J connectivity index is 0.000000615. The molecule has 1 aromatic carbocycles. The fourth-order valence-electron chi connectivity index (χ4n) is 2.07. The molecule has 0 spiro atoms. The Hall–Kier alpha value is -2.13. The number of benzene rings is 1. The molecule has 23 heavy (non-hydrogen) atoms. The molecule has 122 valence electrons. The summed E-state index contributed by atoms with van der Waals surface area (Å²) in [5.74, 6) is 0. The fraction of sp³-hybridized carbons (Fsp3) is 0.263. The summed E-state index contributed by atoms with van der Waals surface area (Å²) in [5, 5.41) is 5.25. The van der Waals surface area contributed by atoms with Crippen molar-refractivity contribution in [2.75, 3.05) is 0 Å². The van der Waals surface area contributed by atoms with E-state index in [1.165, 1.54) is 0 Å². The number of nitrogens with zero attached hydrogens (tertiary/aromatic N) is 3. The number of rotatable bonds is 2. The van der Waals surface area contributed by atoms with E-state index in [0.29, 0.717) is 5.02 Å². The third-order valence-corrected chi connectivity index (χ3v) is 3.18. The van der Waals surface area contributed by atoms with Crippen molar-refractivity contribution in [2.24, 2.45) is 0 Å². The van der Waals surface area contributed by atoms with Gasteiger partial charge in [0.15, 0.2) is 5.65 Å². The van der Waals surface area contributed by atoms with Gasteiger partial charge in [-0.25, -0.2) is 9.50 Å². The summed E-state index contributed by atoms with van der Waals surface area (Å²) in [6.45, 7) is 13.9. The molecule has 0 amide bonds. The van der Waals surface area contributed by atoms with Gasteiger partial charge in [0.1, 0.15) is 0 Å². The zero-order valence-corrected chi connectivity index (χ0v) is 15.2. The molecule has 0 aliphatic heterocycles. The summed E-state index contributed by atoms with van der Waals surface area (Å²) >= 11 is 5.94. The van der Waals surface area contributed by atoms with Gasteiger partial charge in [0.05, 0.1) is 11.3 Å². The van der Waals surface area contributed by atoms with E-state index < -0.39 is 0 Å². The van der Waals surface area contributed by atoms with Crippen LogP contribution < -0.4 is 0 Å². The number of hydrogen-bond acceptors (Lipinski definition) is 2. The summed E-state index contributed by atoms with van der Waals surface area (Å²) in [4.78, 5) is 4.41. The van der Waals surface area contributed by atoms with E-state index in [9.17, 15) is 0 Å². The standard InChI is InChI=1S/C15H12ClN3.2C2H6/c1-10(2)14-13(11-4-6-12(16)7-5-11)15-17-8-3-9-19(15)18-14;2*1-2/h3-9H,1H2,2H3;2*1-2H3. The molecule has 3 aromatic rings. The van der Waals surface area contributed by atoms with E-state index in [0.717, 1.165) is 28.0 Å². The van der Waals surface area contributed by atoms with E-state index in [1.807, 2.05) is 71.1 Å². The van der Waals surface area contributed by atoms with Gasteiger partial charge in [0.2, 0.25) is 0 Å². The first-order chi connectivity index (χ1) is 11.2. The molecule has 0 radical (unpaired) electrons. The number of hydrogen-bond donors (Lipinski definition) is 0. The van der Waals surface area contributed by atoms with Gasteiger partial charge in [-0.3, -0.25) is 0 Å². The number of aromatic nitrogens is 3. The van der Waals surface area contributed by atoms with Gasteiger partial charge in [-0.15, -0.1) is 0 Å². The molecular formula is C19H24ClN3. The monoisotopic (exact) mass is 329 g/mol. The third kappa shape index (κ3) is 4.20. The highest BCUT2D eigenvalue weighted by molar-refractivity contribution is 6.30. The van der Waals surface area contributed by atoms with Crippen LogP contribution in [0.2, 0.25) is 5.02 Å². The Bertz CT molecular complexity index is 758. The molecule has 3 nitrogen and oxygen atoms in total. The van der Waals surface area contributed by atoms with Crippen LogP contribution in [0.3, 0.4) is 0 Å². The van der Waals surface area contributed by atoms with Gasteiger partial charge in [0.25, 0.3) is 0 Å². The predicted molar refractivity (Wildman–Crippen MR) is 101 cm³/mol. The van der Waals surface area contributed by atoms with Crippen LogP contribution in [0, 0.1) is 0 Å². The second-order valence-electron chi connectivity index (χ2n) is 4.40. The van der Waals surface area contributed by atoms with Gasteiger partial charge < -0.3 is 0 Å². The molecule has 0 fully saturated rings. The molecule has 0 atom stereocenters. The first-order valence-electron chi connectivity index (χ1n) is 7.92. The van der Waals surface area contributed by atoms with E-state index in [4.69, 9.17) is 11.6 Å². The van der Waals surface area contributed by atoms with Gasteiger partial charge >= 0.3 is 0 Å². The first-order valence-corrected chi connectivity index (χ1v) is 8.30. The van der Waals surface area contributed by atoms with Crippen LogP contribution in [0.1, 0.15) is 40.3 Å². The SMILES string of the molecule is C=C(C)c1nn2cccnc2c1-c1ccc(Cl)cc1.CC.CC. The van der Waals surface area contributed by atoms with Crippen LogP contribution in [0.15, 0.2) is 49.3 Å². The van der Waals surface area contributed by atoms with Crippen LogP contribution >= 0.6 is 11.6 Å². The minimum absolute atomic E-state index is 0.713. The van der Waals surface area contributed by atoms with Crippen LogP contribution in [0.25, 0.3) is 22.3 Å². The van der Waals surface area contributed by atoms with Crippen LogP contribution in [-0.2, 0) is 0 Å². The van der Waals surface area contributed by atoms with Crippen molar-refractivity contribution in [1.82, 2.24) is 14.6 Å². The molecule has 0 aliphatic rings. The van der Waals surface area contributed by atoms with Gasteiger partial charge in [-0.1, -0.05) is 58.0 Å². The summed E-state index contributed by atoms with van der Waals surface area (Å²) < 4.78 is 1.77. The highest BCUT2D eigenvalue weighted by Crippen LogP contribution is 2.31. The normalized spacial score (nSPS) is 9.48. The smallest absolute Gasteiger partial charge is 0.163 e. The van der Waals surface area contributed by atoms with Gasteiger partial charge in [-0.05, 0) is 36.3 Å². The average molecular weight is 330 g/mol. The van der Waals surface area contributed by atoms with Crippen molar-refractivity contribution >= 4 is 22.8 Å². The molecule has 4 heteroatoms. The zero-order valence-electron chi connectivity index (χ0n) is 14.5. The Kier molecular flexibility index (Phi) is 7.49. The fourth-order valence-corrected chi connectivity index (χ4v) is 2.19. The maximum atomic E-state index is 5.94. The van der Waals surface area contributed by atoms with Crippen molar-refractivity contribution in [2.45, 2.75) is 34.6 Å². The van der Waals surface area contributed by atoms with Gasteiger partial charge in [-0.2, -0.15) is 5.10 Å². The number of halogens is 1. The van der Waals surface area contributed by atoms with Gasteiger partial charge in [0, 0.05) is 17.4 Å². The molecule has 2 aromatic heterocycles. The lowest BCUT2D eigenvalue weighted by molar-refractivity contribution is 0.930. The second-order valence-corrected chi connectivity index (χ2v) is 4.84. The minimum atomic E-state index is 0.713. The summed E-state index contributed by atoms with van der Waals surface area (Å²) in [7, 11) is 0. The molecular weight excluding hydrogens is 306 g/mol. The average Bonchev–Trinajstić information content (AvgIpc) is 2.99. The van der Waals surface area contributed by atoms with E-state index in [-0.39, 0.29) is 0 Å². The third-order valence-electron chi connectivity index (χ3n) is 2.93. The largest absolute Gasteiger partial charge is 0.236 e. The summed E-state index contributed by atoms with van der Waals surface area (Å²) in [5.41, 5.74) is 4.63. The Morgan fingerprint density at radius 2 is 1.70 bits per heavy atom. The summed E-state index contributed by atoms with van der Waals surface area (Å²) in [6.07, 6.45) is 3.65. The predicted octanol–water partition coefficient (Wildman–Crippen LogP) is 6.14. The maximum absolute atomic E-state index is 5.94. The topological polar surface area (TPSA) is 30.2 Å². The quantitative estimate of drug-likeness (QED) is 0.565. The van der Waals surface area contributed by atoms with Crippen molar-refractivity contribution in [3.63, 3.8) is 0 Å². The zero-order chi connectivity index (χ0) is 17.4. The molecule has 0 saturated heterocycles. The van der Waals surface area contributed by atoms with E-state index in [1.54, 1.807) is 10.7 Å². The van der Waals surface area contributed by atoms with Crippen LogP contribution in [-0.4, -0.2) is 14.6 Å². The Morgan fingerprint density at radius 1 is 1.09 bits per heavy atom. The number of allylic oxidation sites excluding steroid dienone is 1. The highest BCUT2D eigenvalue weighted by Gasteiger charge is 2.15. The molecule has 0 unspecified atom stereocenters. The molecule has 0 bridgehead atoms. The summed E-state index contributed by atoms with van der Waals surface area (Å²) in [6, 6.07) is 9.53. The van der Waals surface area contributed by atoms with Crippen molar-refractivity contribution in [1.29, 1.82) is 0 Å². The lowest BCUT2D eigenvalue weighted by Crippen LogP contribution is -1.87. The molecule has 0 aliphatic carbocycles. The van der Waals surface area contributed by atoms with Crippen LogP contribution in [0.5, 0.6) is 0 Å². The Morgan fingerprint density at radius 3 is 2.26 bits per heavy atom. The molecule has 3 rings (SSSR count). The van der Waals surface area contributed by atoms with Crippen LogP contribution in [0.4, 0.5) is 0 Å². The lowest BCUT2D eigenvalue weighted by Gasteiger charge is -2.02. The number of fused-ring (bicyclic) bond motifs is 1. The second kappa shape index (κ2) is 9.11. The van der Waals surface area contributed by atoms with E-state index in [2.05, 4.69) is 16.7 Å².